The second-order valence-electron chi connectivity index (χ2n) is 26.5. The monoisotopic (exact) mass is 1780 g/mol. The number of aldehydes is 11. The van der Waals surface area contributed by atoms with Gasteiger partial charge in [-0.2, -0.15) is 17.6 Å². The molecule has 0 aliphatic heterocycles. The number of thiophene rings is 1. The van der Waals surface area contributed by atoms with Gasteiger partial charge in [0.05, 0.1) is 6.26 Å². The van der Waals surface area contributed by atoms with Crippen molar-refractivity contribution in [3.8, 4) is 11.3 Å². The lowest BCUT2D eigenvalue weighted by Gasteiger charge is -2.01. The number of rotatable bonds is 34. The smallest absolute Gasteiger partial charge is 0.449 e. The number of hydrogen-bond donors (Lipinski definition) is 0. The molecule has 0 radical (unpaired) electrons. The van der Waals surface area contributed by atoms with Gasteiger partial charge >= 0.3 is 6.18 Å². The Morgan fingerprint density at radius 2 is 0.860 bits per heavy atom. The zero-order chi connectivity index (χ0) is 89.6. The molecule has 0 aliphatic rings. The van der Waals surface area contributed by atoms with Crippen LogP contribution in [0.3, 0.4) is 0 Å². The van der Waals surface area contributed by atoms with Crippen LogP contribution in [0.2, 0.25) is 5.22 Å². The summed E-state index contributed by atoms with van der Waals surface area (Å²) >= 11 is 10.4. The summed E-state index contributed by atoms with van der Waals surface area (Å²) in [6, 6.07) is 41.3. The summed E-state index contributed by atoms with van der Waals surface area (Å²) in [5.41, 5.74) is 9.57. The second-order valence-corrected chi connectivity index (χ2v) is 28.8. The minimum Gasteiger partial charge on any atom is -0.469 e. The van der Waals surface area contributed by atoms with Crippen molar-refractivity contribution in [3.63, 3.8) is 0 Å². The van der Waals surface area contributed by atoms with Crippen molar-refractivity contribution in [2.24, 2.45) is 14.1 Å². The molecule has 121 heavy (non-hydrogen) atoms. The van der Waals surface area contributed by atoms with Gasteiger partial charge in [0.2, 0.25) is 5.76 Å². The molecule has 11 aromatic heterocycles. The first-order valence-electron chi connectivity index (χ1n) is 38.9. The Morgan fingerprint density at radius 1 is 0.405 bits per heavy atom. The molecule has 0 atom stereocenters. The number of aromatic nitrogens is 2. The normalized spacial score (nSPS) is 10.0. The first-order chi connectivity index (χ1) is 58.1. The summed E-state index contributed by atoms with van der Waals surface area (Å²) < 4.78 is 93.3. The summed E-state index contributed by atoms with van der Waals surface area (Å²) in [7, 11) is 4.04. The van der Waals surface area contributed by atoms with E-state index in [-0.39, 0.29) is 18.6 Å². The predicted octanol–water partition coefficient (Wildman–Crippen LogP) is 21.9. The first kappa shape index (κ1) is 106. The van der Waals surface area contributed by atoms with E-state index in [2.05, 4.69) is 90.5 Å². The van der Waals surface area contributed by atoms with Gasteiger partial charge in [-0.15, -0.1) is 11.3 Å². The average molecular weight is 1780 g/mol. The van der Waals surface area contributed by atoms with E-state index in [1.165, 1.54) is 51.3 Å². The van der Waals surface area contributed by atoms with Gasteiger partial charge in [0.25, 0.3) is 6.01 Å². The van der Waals surface area contributed by atoms with Crippen molar-refractivity contribution < 1.29 is 106 Å². The number of benzene rings is 1. The first-order valence-corrected chi connectivity index (χ1v) is 40.9. The van der Waals surface area contributed by atoms with Crippen molar-refractivity contribution in [1.29, 1.82) is 0 Å². The summed E-state index contributed by atoms with van der Waals surface area (Å²) in [5.74, 6) is 7.57. The molecule has 0 unspecified atom stereocenters. The molecule has 0 aliphatic carbocycles. The van der Waals surface area contributed by atoms with Crippen molar-refractivity contribution in [2.45, 2.75) is 196 Å². The lowest BCUT2D eigenvalue weighted by atomic mass is 10.2. The zero-order valence-electron chi connectivity index (χ0n) is 69.7. The molecule has 21 nitrogen and oxygen atoms in total. The van der Waals surface area contributed by atoms with Gasteiger partial charge in [-0.25, -0.2) is 0 Å². The van der Waals surface area contributed by atoms with Crippen LogP contribution in [0, 0.1) is 54.5 Å². The van der Waals surface area contributed by atoms with Crippen LogP contribution >= 0.6 is 38.9 Å². The molecule has 12 rings (SSSR count). The molecule has 12 aromatic rings. The number of carbonyl (C=O) groups is 11. The molecule has 0 fully saturated rings. The number of furan rings is 8. The minimum atomic E-state index is -4.45. The Hall–Kier alpha value is -11.4. The molecular formula is C93H108BrClF4N2O19S. The van der Waals surface area contributed by atoms with Crippen LogP contribution < -0.4 is 0 Å². The Bertz CT molecular complexity index is 4370. The SMILES string of the molecule is Cc1cc(CCC=O)cn1C.Cc1cc(CCC=O)co1.Cc1cc(CCC=O)cs1.Cc1cc(CCC=O)oc1C.Cc1ccc(CCC=O)n1C.Cc1ccc(CCC=O)o1.O=CCCc1ccc(-c2ccccc2)o1.O=CCCc1ccc(Br)o1.O=CCCc1ccc(C(F)(F)F)o1.O=CCCc1ccc(Cl)o1.O=CCCc1ccc(F)o1. The molecule has 1 aromatic carbocycles. The molecule has 0 amide bonds. The van der Waals surface area contributed by atoms with Gasteiger partial charge in [0.1, 0.15) is 133 Å². The lowest BCUT2D eigenvalue weighted by Crippen LogP contribution is -2.02. The van der Waals surface area contributed by atoms with Crippen LogP contribution in [0.15, 0.2) is 197 Å². The van der Waals surface area contributed by atoms with Gasteiger partial charge in [0.15, 0.2) is 9.89 Å². The highest BCUT2D eigenvalue weighted by molar-refractivity contribution is 9.10. The fourth-order valence-electron chi connectivity index (χ4n) is 10.1. The molecule has 0 spiro atoms. The third-order valence-corrected chi connectivity index (χ3v) is 18.2. The maximum absolute atomic E-state index is 12.1. The number of carbonyl (C=O) groups excluding carboxylic acids is 11. The number of hydrogen-bond acceptors (Lipinski definition) is 20. The van der Waals surface area contributed by atoms with Crippen LogP contribution in [0.25, 0.3) is 11.3 Å². The Morgan fingerprint density at radius 3 is 1.26 bits per heavy atom. The predicted molar refractivity (Wildman–Crippen MR) is 459 cm³/mol. The van der Waals surface area contributed by atoms with Crippen LogP contribution in [-0.4, -0.2) is 78.3 Å². The van der Waals surface area contributed by atoms with Gasteiger partial charge in [-0.3, -0.25) is 0 Å². The maximum Gasteiger partial charge on any atom is 0.449 e. The van der Waals surface area contributed by atoms with Gasteiger partial charge in [-0.05, 0) is 232 Å². The highest BCUT2D eigenvalue weighted by Crippen LogP contribution is 2.31. The Kier molecular flexibility index (Phi) is 55.5. The van der Waals surface area contributed by atoms with E-state index in [1.54, 1.807) is 29.7 Å². The highest BCUT2D eigenvalue weighted by atomic mass is 79.9. The molecule has 652 valence electrons. The fraction of sp³-hybridized carbons (Fsp3) is 0.344. The standard InChI is InChI=1S/C13H12O2.2C9H13NO.C9H12O2.C8H7F3O2.2C8H10O2.C8H10OS.C7H7BrO2.C7H7ClO2.C7H7FO2/c14-10-4-7-12-8-9-13(15-12)11-5-2-1-3-6-11;1-8-5-6-9(10(8)2)4-3-7-11;1-8-6-9(4-3-5-11)7-10(8)2;1-7-6-9(4-3-5-10)11-8(7)2;9-8(10,11)7-4-3-6(13-7)2-1-5-12;1-7-4-5-8(10-7)3-2-6-9;2*1-7-5-8(6-10-7)3-2-4-9;3*8-7-4-3-6(10-7)2-1-5-9/h1-3,5-6,8-10H,4,7H2;2*5-7H,3-4H2,1-2H3;5-6H,3-4H2,1-2H3;3-5H,1-2H2;3*4-6H,2-3H2,1H3;3*3-5H,1-2H2. The Labute approximate surface area is 720 Å². The van der Waals surface area contributed by atoms with Crippen molar-refractivity contribution >= 4 is 108 Å². The third kappa shape index (κ3) is 48.4. The van der Waals surface area contributed by atoms with E-state index in [9.17, 15) is 70.3 Å². The topological polar surface area (TPSA) is 303 Å². The quantitative estimate of drug-likeness (QED) is 0.0267. The lowest BCUT2D eigenvalue weighted by molar-refractivity contribution is -0.153. The van der Waals surface area contributed by atoms with E-state index in [4.69, 9.17) is 38.1 Å². The van der Waals surface area contributed by atoms with E-state index in [1.807, 2.05) is 121 Å². The van der Waals surface area contributed by atoms with Crippen molar-refractivity contribution in [3.05, 3.63) is 281 Å². The van der Waals surface area contributed by atoms with Crippen molar-refractivity contribution in [1.82, 2.24) is 9.13 Å². The maximum atomic E-state index is 12.1. The van der Waals surface area contributed by atoms with Crippen LogP contribution in [0.1, 0.15) is 178 Å². The molecule has 0 saturated heterocycles. The van der Waals surface area contributed by atoms with Crippen LogP contribution in [-0.2, 0) is 144 Å². The summed E-state index contributed by atoms with van der Waals surface area (Å²) in [6.07, 6.45) is 22.2. The van der Waals surface area contributed by atoms with Gasteiger partial charge in [-0.1, -0.05) is 30.3 Å². The second kappa shape index (κ2) is 63.6. The van der Waals surface area contributed by atoms with E-state index < -0.39 is 18.0 Å². The molecule has 0 bridgehead atoms. The Balaban J connectivity index is 0.000000452. The molecular weight excluding hydrogens is 1670 g/mol. The van der Waals surface area contributed by atoms with Gasteiger partial charge in [0, 0.05) is 169 Å². The zero-order valence-corrected chi connectivity index (χ0v) is 72.9. The van der Waals surface area contributed by atoms with Crippen molar-refractivity contribution in [2.75, 3.05) is 0 Å². The highest BCUT2D eigenvalue weighted by Gasteiger charge is 2.34. The van der Waals surface area contributed by atoms with Gasteiger partial charge < -0.3 is 97.2 Å². The fourth-order valence-corrected chi connectivity index (χ4v) is 11.4. The summed E-state index contributed by atoms with van der Waals surface area (Å²) in [4.78, 5) is 111. The van der Waals surface area contributed by atoms with E-state index >= 15 is 0 Å². The molecule has 11 heterocycles. The summed E-state index contributed by atoms with van der Waals surface area (Å²) in [6.45, 7) is 13.9. The van der Waals surface area contributed by atoms with E-state index in [0.717, 1.165) is 176 Å². The number of aryl methyl sites for hydroxylation is 19. The summed E-state index contributed by atoms with van der Waals surface area (Å²) in [5, 5.41) is 2.49. The largest absolute Gasteiger partial charge is 0.469 e. The number of nitrogens with zero attached hydrogens (tertiary/aromatic N) is 2. The number of halogens is 6. The van der Waals surface area contributed by atoms with Crippen LogP contribution in [0.4, 0.5) is 17.6 Å². The van der Waals surface area contributed by atoms with Crippen LogP contribution in [0.5, 0.6) is 0 Å². The molecule has 0 saturated carbocycles. The minimum absolute atomic E-state index is 0.171. The molecule has 0 N–H and O–H groups in total. The third-order valence-electron chi connectivity index (χ3n) is 16.6. The average Bonchev–Trinajstić information content (AvgIpc) is 1.92. The number of alkyl halides is 3. The van der Waals surface area contributed by atoms with E-state index in [0.29, 0.717) is 112 Å². The molecule has 28 heteroatoms.